The fraction of sp³-hybridized carbons (Fsp3) is 0.156. The highest BCUT2D eigenvalue weighted by molar-refractivity contribution is 5.90. The van der Waals surface area contributed by atoms with E-state index in [0.717, 1.165) is 42.0 Å². The Hall–Kier alpha value is -4.38. The lowest BCUT2D eigenvalue weighted by molar-refractivity contribution is -0.113. The summed E-state index contributed by atoms with van der Waals surface area (Å²) in [6.45, 7) is 1.35. The molecule has 37 heavy (non-hydrogen) atoms. The second-order valence-electron chi connectivity index (χ2n) is 9.25. The molecule has 0 saturated carbocycles. The Bertz CT molecular complexity index is 1380. The van der Waals surface area contributed by atoms with Gasteiger partial charge in [0.05, 0.1) is 6.04 Å². The summed E-state index contributed by atoms with van der Waals surface area (Å²) < 4.78 is 19.8. The van der Waals surface area contributed by atoms with E-state index in [0.29, 0.717) is 6.61 Å². The number of nitrogens with zero attached hydrogens (tertiary/aromatic N) is 1. The minimum atomic E-state index is -0.468. The van der Waals surface area contributed by atoms with Crippen molar-refractivity contribution in [2.24, 2.45) is 5.73 Å². The van der Waals surface area contributed by atoms with E-state index in [1.165, 1.54) is 34.9 Å². The van der Waals surface area contributed by atoms with Crippen LogP contribution in [0.1, 0.15) is 33.9 Å². The number of fused-ring (bicyclic) bond motifs is 1. The Labute approximate surface area is 216 Å². The molecule has 4 aromatic carbocycles. The first-order valence-electron chi connectivity index (χ1n) is 12.4. The summed E-state index contributed by atoms with van der Waals surface area (Å²) in [4.78, 5) is 13.4. The molecule has 186 valence electrons. The zero-order valence-electron chi connectivity index (χ0n) is 20.5. The van der Waals surface area contributed by atoms with E-state index in [1.807, 2.05) is 48.5 Å². The first-order chi connectivity index (χ1) is 18.0. The van der Waals surface area contributed by atoms with E-state index < -0.39 is 5.91 Å². The molecule has 0 aliphatic carbocycles. The average Bonchev–Trinajstić information content (AvgIpc) is 2.92. The molecule has 4 nitrogen and oxygen atoms in total. The van der Waals surface area contributed by atoms with Crippen LogP contribution in [-0.2, 0) is 24.2 Å². The summed E-state index contributed by atoms with van der Waals surface area (Å²) >= 11 is 0. The van der Waals surface area contributed by atoms with Gasteiger partial charge in [-0.05, 0) is 83.1 Å². The van der Waals surface area contributed by atoms with E-state index >= 15 is 0 Å². The number of anilines is 1. The molecule has 5 heteroatoms. The molecule has 0 aromatic heterocycles. The maximum absolute atomic E-state index is 13.7. The summed E-state index contributed by atoms with van der Waals surface area (Å²) in [5, 5.41) is 0. The van der Waals surface area contributed by atoms with Crippen LogP contribution in [0.5, 0.6) is 5.75 Å². The largest absolute Gasteiger partial charge is 0.489 e. The molecule has 4 aromatic rings. The average molecular weight is 493 g/mol. The molecule has 0 fully saturated rings. The third-order valence-corrected chi connectivity index (χ3v) is 6.73. The first-order valence-corrected chi connectivity index (χ1v) is 12.4. The molecule has 0 radical (unpaired) electrons. The maximum Gasteiger partial charge on any atom is 0.241 e. The van der Waals surface area contributed by atoms with Gasteiger partial charge >= 0.3 is 0 Å². The monoisotopic (exact) mass is 492 g/mol. The number of hydrogen-bond acceptors (Lipinski definition) is 3. The number of halogens is 1. The number of carbonyl (C=O) groups is 1. The minimum absolute atomic E-state index is 0.0874. The van der Waals surface area contributed by atoms with E-state index in [9.17, 15) is 9.18 Å². The lowest BCUT2D eigenvalue weighted by atomic mass is 9.88. The normalized spacial score (nSPS) is 14.9. The molecule has 1 atom stereocenters. The molecule has 1 aliphatic rings. The van der Waals surface area contributed by atoms with Crippen LogP contribution in [0, 0.1) is 5.82 Å². The summed E-state index contributed by atoms with van der Waals surface area (Å²) in [6.07, 6.45) is 4.74. The molecular formula is C32H29FN2O2. The molecule has 0 bridgehead atoms. The van der Waals surface area contributed by atoms with Gasteiger partial charge in [0.25, 0.3) is 0 Å². The number of ether oxygens (including phenoxy) is 1. The third kappa shape index (κ3) is 6.07. The van der Waals surface area contributed by atoms with Crippen LogP contribution in [0.15, 0.2) is 103 Å². The van der Waals surface area contributed by atoms with Crippen molar-refractivity contribution in [2.45, 2.75) is 25.5 Å². The van der Waals surface area contributed by atoms with Crippen LogP contribution < -0.4 is 15.4 Å². The molecule has 1 heterocycles. The van der Waals surface area contributed by atoms with Crippen LogP contribution in [0.3, 0.4) is 0 Å². The van der Waals surface area contributed by atoms with Gasteiger partial charge in [0.2, 0.25) is 5.91 Å². The Morgan fingerprint density at radius 2 is 1.70 bits per heavy atom. The molecule has 5 rings (SSSR count). The molecule has 0 spiro atoms. The van der Waals surface area contributed by atoms with Crippen molar-refractivity contribution in [1.29, 1.82) is 0 Å². The third-order valence-electron chi connectivity index (χ3n) is 6.73. The predicted molar refractivity (Wildman–Crippen MR) is 146 cm³/mol. The summed E-state index contributed by atoms with van der Waals surface area (Å²) in [5.74, 6) is 0.157. The van der Waals surface area contributed by atoms with Crippen LogP contribution in [0.2, 0.25) is 0 Å². The van der Waals surface area contributed by atoms with Crippen molar-refractivity contribution in [3.05, 3.63) is 137 Å². The van der Waals surface area contributed by atoms with Gasteiger partial charge in [-0.1, -0.05) is 60.7 Å². The van der Waals surface area contributed by atoms with E-state index in [1.54, 1.807) is 6.08 Å². The molecule has 2 N–H and O–H groups in total. The number of amides is 1. The molecular weight excluding hydrogens is 463 g/mol. The van der Waals surface area contributed by atoms with Gasteiger partial charge in [-0.15, -0.1) is 0 Å². The minimum Gasteiger partial charge on any atom is -0.489 e. The van der Waals surface area contributed by atoms with E-state index in [-0.39, 0.29) is 11.9 Å². The van der Waals surface area contributed by atoms with Gasteiger partial charge in [0.1, 0.15) is 18.2 Å². The number of hydrogen-bond donors (Lipinski definition) is 1. The predicted octanol–water partition coefficient (Wildman–Crippen LogP) is 6.25. The second kappa shape index (κ2) is 11.1. The number of rotatable bonds is 8. The maximum atomic E-state index is 13.7. The van der Waals surface area contributed by atoms with Crippen LogP contribution in [-0.4, -0.2) is 12.5 Å². The van der Waals surface area contributed by atoms with Gasteiger partial charge in [-0.25, -0.2) is 4.39 Å². The van der Waals surface area contributed by atoms with Gasteiger partial charge in [0.15, 0.2) is 0 Å². The lowest BCUT2D eigenvalue weighted by Gasteiger charge is -2.39. The van der Waals surface area contributed by atoms with Gasteiger partial charge in [-0.2, -0.15) is 0 Å². The Morgan fingerprint density at radius 1 is 0.946 bits per heavy atom. The molecule has 1 unspecified atom stereocenters. The molecule has 0 saturated heterocycles. The summed E-state index contributed by atoms with van der Waals surface area (Å²) in [5.41, 5.74) is 12.0. The van der Waals surface area contributed by atoms with Crippen molar-refractivity contribution >= 4 is 17.7 Å². The summed E-state index contributed by atoms with van der Waals surface area (Å²) in [7, 11) is 0. The SMILES string of the molecule is NC(=O)C=Cc1ccc(CC2c3ccc(OCc4ccccc4)cc3CCN2c2ccc(F)cc2)cc1. The molecule has 1 amide bonds. The Balaban J connectivity index is 1.41. The fourth-order valence-corrected chi connectivity index (χ4v) is 4.85. The number of primary amides is 1. The first kappa shape index (κ1) is 24.3. The van der Waals surface area contributed by atoms with Gasteiger partial charge in [0, 0.05) is 18.3 Å². The van der Waals surface area contributed by atoms with Crippen molar-refractivity contribution in [3.8, 4) is 5.75 Å². The van der Waals surface area contributed by atoms with Crippen LogP contribution >= 0.6 is 0 Å². The van der Waals surface area contributed by atoms with Gasteiger partial charge < -0.3 is 15.4 Å². The quantitative estimate of drug-likeness (QED) is 0.296. The zero-order valence-corrected chi connectivity index (χ0v) is 20.5. The van der Waals surface area contributed by atoms with E-state index in [2.05, 4.69) is 41.3 Å². The fourth-order valence-electron chi connectivity index (χ4n) is 4.85. The summed E-state index contributed by atoms with van der Waals surface area (Å²) in [6, 6.07) is 31.5. The van der Waals surface area contributed by atoms with Crippen LogP contribution in [0.4, 0.5) is 10.1 Å². The van der Waals surface area contributed by atoms with Crippen molar-refractivity contribution in [3.63, 3.8) is 0 Å². The highest BCUT2D eigenvalue weighted by atomic mass is 19.1. The lowest BCUT2D eigenvalue weighted by Crippen LogP contribution is -2.36. The topological polar surface area (TPSA) is 55.6 Å². The van der Waals surface area contributed by atoms with Crippen molar-refractivity contribution < 1.29 is 13.9 Å². The number of nitrogens with two attached hydrogens (primary N) is 1. The highest BCUT2D eigenvalue weighted by Crippen LogP contribution is 2.37. The van der Waals surface area contributed by atoms with Crippen LogP contribution in [0.25, 0.3) is 6.08 Å². The Kier molecular flexibility index (Phi) is 7.31. The number of carbonyl (C=O) groups excluding carboxylic acids is 1. The van der Waals surface area contributed by atoms with Gasteiger partial charge in [-0.3, -0.25) is 4.79 Å². The standard InChI is InChI=1S/C32H29FN2O2/c33-27-11-13-28(14-12-27)35-19-18-26-21-29(37-22-25-4-2-1-3-5-25)15-16-30(26)31(35)20-24-8-6-23(7-9-24)10-17-32(34)36/h1-17,21,31H,18-20,22H2,(H2,34,36). The second-order valence-corrected chi connectivity index (χ2v) is 9.25. The number of benzene rings is 4. The van der Waals surface area contributed by atoms with E-state index in [4.69, 9.17) is 10.5 Å². The Morgan fingerprint density at radius 3 is 2.43 bits per heavy atom. The van der Waals surface area contributed by atoms with Crippen molar-refractivity contribution in [2.75, 3.05) is 11.4 Å². The highest BCUT2D eigenvalue weighted by Gasteiger charge is 2.28. The smallest absolute Gasteiger partial charge is 0.241 e. The molecule has 1 aliphatic heterocycles. The zero-order chi connectivity index (χ0) is 25.6. The van der Waals surface area contributed by atoms with Crippen molar-refractivity contribution in [1.82, 2.24) is 0 Å².